The van der Waals surface area contributed by atoms with Gasteiger partial charge in [-0.1, -0.05) is 18.2 Å². The number of carbonyl (C=O) groups is 1. The van der Waals surface area contributed by atoms with E-state index in [9.17, 15) is 4.79 Å². The number of benzene rings is 1. The van der Waals surface area contributed by atoms with E-state index in [1.54, 1.807) is 0 Å². The highest BCUT2D eigenvalue weighted by Crippen LogP contribution is 2.23. The van der Waals surface area contributed by atoms with Crippen LogP contribution in [-0.4, -0.2) is 54.2 Å². The van der Waals surface area contributed by atoms with E-state index in [0.29, 0.717) is 12.6 Å². The average Bonchev–Trinajstić information content (AvgIpc) is 3.15. The Kier molecular flexibility index (Phi) is 3.83. The van der Waals surface area contributed by atoms with Gasteiger partial charge in [0.2, 0.25) is 0 Å². The van der Waals surface area contributed by atoms with E-state index in [4.69, 9.17) is 4.74 Å². The van der Waals surface area contributed by atoms with Crippen molar-refractivity contribution in [2.75, 3.05) is 26.2 Å². The Bertz CT molecular complexity index is 724. The number of hydrogen-bond donors (Lipinski definition) is 2. The Morgan fingerprint density at radius 2 is 2.30 bits per heavy atom. The number of hydrogen-bond acceptors (Lipinski definition) is 3. The van der Waals surface area contributed by atoms with Crippen LogP contribution in [0.15, 0.2) is 24.3 Å². The van der Waals surface area contributed by atoms with E-state index < -0.39 is 0 Å². The molecule has 0 spiro atoms. The van der Waals surface area contributed by atoms with Crippen molar-refractivity contribution in [3.05, 3.63) is 35.5 Å². The number of nitrogens with one attached hydrogen (secondary N) is 2. The van der Waals surface area contributed by atoms with Gasteiger partial charge in [-0.05, 0) is 32.4 Å². The fourth-order valence-corrected chi connectivity index (χ4v) is 3.87. The standard InChI is InChI=1S/C18H23N3O2/c1-12-17(15-6-2-3-7-16(15)20-12)18(22)19-9-14-10-21-8-4-5-13(21)11-23-14/h2-3,6-7,13-14,20H,4-5,8-11H2,1H3,(H,19,22)/t13-,14+/m1/s1. The van der Waals surface area contributed by atoms with E-state index in [-0.39, 0.29) is 12.0 Å². The summed E-state index contributed by atoms with van der Waals surface area (Å²) in [5, 5.41) is 4.04. The largest absolute Gasteiger partial charge is 0.373 e. The second-order valence-corrected chi connectivity index (χ2v) is 6.63. The lowest BCUT2D eigenvalue weighted by Crippen LogP contribution is -2.50. The third kappa shape index (κ3) is 2.75. The minimum Gasteiger partial charge on any atom is -0.373 e. The van der Waals surface area contributed by atoms with Gasteiger partial charge in [0.15, 0.2) is 0 Å². The number of morpholine rings is 1. The van der Waals surface area contributed by atoms with Crippen molar-refractivity contribution in [1.29, 1.82) is 0 Å². The maximum atomic E-state index is 12.6. The molecular formula is C18H23N3O2. The Hall–Kier alpha value is -1.85. The highest BCUT2D eigenvalue weighted by molar-refractivity contribution is 6.08. The average molecular weight is 313 g/mol. The van der Waals surface area contributed by atoms with Crippen molar-refractivity contribution in [2.24, 2.45) is 0 Å². The molecule has 5 nitrogen and oxygen atoms in total. The Labute approximate surface area is 136 Å². The molecule has 4 rings (SSSR count). The van der Waals surface area contributed by atoms with Crippen LogP contribution in [-0.2, 0) is 4.74 Å². The van der Waals surface area contributed by atoms with Crippen molar-refractivity contribution >= 4 is 16.8 Å². The quantitative estimate of drug-likeness (QED) is 0.912. The molecule has 122 valence electrons. The fraction of sp³-hybridized carbons (Fsp3) is 0.500. The van der Waals surface area contributed by atoms with Crippen LogP contribution in [0.4, 0.5) is 0 Å². The van der Waals surface area contributed by atoms with Crippen molar-refractivity contribution in [1.82, 2.24) is 15.2 Å². The number of amides is 1. The molecule has 2 aliphatic rings. The van der Waals surface area contributed by atoms with Crippen LogP contribution in [0.25, 0.3) is 10.9 Å². The second-order valence-electron chi connectivity index (χ2n) is 6.63. The van der Waals surface area contributed by atoms with E-state index in [1.807, 2.05) is 31.2 Å². The van der Waals surface area contributed by atoms with Gasteiger partial charge in [-0.3, -0.25) is 9.69 Å². The third-order valence-corrected chi connectivity index (χ3v) is 5.07. The number of carbonyl (C=O) groups excluding carboxylic acids is 1. The van der Waals surface area contributed by atoms with Crippen molar-refractivity contribution in [2.45, 2.75) is 31.9 Å². The van der Waals surface area contributed by atoms with Crippen LogP contribution in [0.5, 0.6) is 0 Å². The summed E-state index contributed by atoms with van der Waals surface area (Å²) < 4.78 is 5.91. The molecule has 2 aliphatic heterocycles. The number of aromatic amines is 1. The van der Waals surface area contributed by atoms with Crippen LogP contribution in [0, 0.1) is 6.92 Å². The number of para-hydroxylation sites is 1. The van der Waals surface area contributed by atoms with Crippen molar-refractivity contribution in [3.63, 3.8) is 0 Å². The predicted molar refractivity (Wildman–Crippen MR) is 89.7 cm³/mol. The summed E-state index contributed by atoms with van der Waals surface area (Å²) in [6, 6.07) is 8.51. The molecule has 1 amide bonds. The molecule has 0 saturated carbocycles. The fourth-order valence-electron chi connectivity index (χ4n) is 3.87. The molecule has 1 aromatic carbocycles. The molecule has 0 unspecified atom stereocenters. The molecule has 2 atom stereocenters. The summed E-state index contributed by atoms with van der Waals surface area (Å²) in [7, 11) is 0. The maximum Gasteiger partial charge on any atom is 0.253 e. The van der Waals surface area contributed by atoms with Crippen LogP contribution in [0.2, 0.25) is 0 Å². The third-order valence-electron chi connectivity index (χ3n) is 5.07. The van der Waals surface area contributed by atoms with Crippen molar-refractivity contribution in [3.8, 4) is 0 Å². The predicted octanol–water partition coefficient (Wildman–Crippen LogP) is 2.07. The molecule has 2 saturated heterocycles. The highest BCUT2D eigenvalue weighted by atomic mass is 16.5. The summed E-state index contributed by atoms with van der Waals surface area (Å²) in [4.78, 5) is 18.4. The van der Waals surface area contributed by atoms with Gasteiger partial charge in [0.05, 0.1) is 18.3 Å². The zero-order valence-corrected chi connectivity index (χ0v) is 13.5. The lowest BCUT2D eigenvalue weighted by molar-refractivity contribution is -0.0461. The van der Waals surface area contributed by atoms with E-state index >= 15 is 0 Å². The molecule has 3 heterocycles. The van der Waals surface area contributed by atoms with Gasteiger partial charge >= 0.3 is 0 Å². The first kappa shape index (κ1) is 14.7. The van der Waals surface area contributed by atoms with Gasteiger partial charge in [0.25, 0.3) is 5.91 Å². The Morgan fingerprint density at radius 1 is 1.43 bits per heavy atom. The monoisotopic (exact) mass is 313 g/mol. The van der Waals surface area contributed by atoms with Gasteiger partial charge in [-0.2, -0.15) is 0 Å². The minimum atomic E-state index is -0.0212. The van der Waals surface area contributed by atoms with E-state index in [1.165, 1.54) is 19.4 Å². The summed E-state index contributed by atoms with van der Waals surface area (Å²) in [5.41, 5.74) is 2.66. The van der Waals surface area contributed by atoms with E-state index in [0.717, 1.165) is 35.3 Å². The molecule has 0 radical (unpaired) electrons. The van der Waals surface area contributed by atoms with Gasteiger partial charge in [0, 0.05) is 35.7 Å². The SMILES string of the molecule is Cc1[nH]c2ccccc2c1C(=O)NC[C@H]1CN2CCC[C@@H]2CO1. The second kappa shape index (κ2) is 5.98. The van der Waals surface area contributed by atoms with Gasteiger partial charge in [-0.25, -0.2) is 0 Å². The molecular weight excluding hydrogens is 290 g/mol. The topological polar surface area (TPSA) is 57.4 Å². The lowest BCUT2D eigenvalue weighted by atomic mass is 10.1. The number of H-pyrrole nitrogens is 1. The summed E-state index contributed by atoms with van der Waals surface area (Å²) >= 11 is 0. The molecule has 2 N–H and O–H groups in total. The minimum absolute atomic E-state index is 0.0212. The zero-order chi connectivity index (χ0) is 15.8. The first-order valence-corrected chi connectivity index (χ1v) is 8.43. The zero-order valence-electron chi connectivity index (χ0n) is 13.5. The number of rotatable bonds is 3. The van der Waals surface area contributed by atoms with Crippen LogP contribution in [0.3, 0.4) is 0 Å². The van der Waals surface area contributed by atoms with Crippen LogP contribution in [0.1, 0.15) is 28.9 Å². The van der Waals surface area contributed by atoms with E-state index in [2.05, 4.69) is 15.2 Å². The summed E-state index contributed by atoms with van der Waals surface area (Å²) in [6.45, 7) is 5.41. The summed E-state index contributed by atoms with van der Waals surface area (Å²) in [6.07, 6.45) is 2.61. The first-order chi connectivity index (χ1) is 11.2. The Balaban J connectivity index is 1.42. The number of ether oxygens (including phenoxy) is 1. The number of nitrogens with zero attached hydrogens (tertiary/aromatic N) is 1. The molecule has 5 heteroatoms. The molecule has 0 aliphatic carbocycles. The smallest absolute Gasteiger partial charge is 0.253 e. The molecule has 0 bridgehead atoms. The van der Waals surface area contributed by atoms with Gasteiger partial charge < -0.3 is 15.0 Å². The van der Waals surface area contributed by atoms with Gasteiger partial charge in [0.1, 0.15) is 0 Å². The molecule has 23 heavy (non-hydrogen) atoms. The summed E-state index contributed by atoms with van der Waals surface area (Å²) in [5.74, 6) is -0.0212. The van der Waals surface area contributed by atoms with Crippen LogP contribution >= 0.6 is 0 Å². The lowest BCUT2D eigenvalue weighted by Gasteiger charge is -2.35. The van der Waals surface area contributed by atoms with Crippen molar-refractivity contribution < 1.29 is 9.53 Å². The number of aryl methyl sites for hydroxylation is 1. The molecule has 2 aromatic rings. The highest BCUT2D eigenvalue weighted by Gasteiger charge is 2.32. The maximum absolute atomic E-state index is 12.6. The molecule has 1 aromatic heterocycles. The van der Waals surface area contributed by atoms with Gasteiger partial charge in [-0.15, -0.1) is 0 Å². The number of fused-ring (bicyclic) bond motifs is 2. The normalized spacial score (nSPS) is 24.7. The Morgan fingerprint density at radius 3 is 3.22 bits per heavy atom. The van der Waals surface area contributed by atoms with Crippen LogP contribution < -0.4 is 5.32 Å². The molecule has 2 fully saturated rings. The number of aromatic nitrogens is 1. The first-order valence-electron chi connectivity index (χ1n) is 8.43.